The Morgan fingerprint density at radius 3 is 2.75 bits per heavy atom. The first-order valence-corrected chi connectivity index (χ1v) is 5.07. The van der Waals surface area contributed by atoms with Crippen molar-refractivity contribution in [2.75, 3.05) is 5.73 Å². The standard InChI is InChI=1S/C6H4ClN3S2/c7-4-2-1-3(11-4)5-6(8)9-10-12-5/h1-2H,8H2. The summed E-state index contributed by atoms with van der Waals surface area (Å²) in [5.74, 6) is 0.471. The Kier molecular flexibility index (Phi) is 2.00. The normalized spacial score (nSPS) is 10.4. The van der Waals surface area contributed by atoms with Crippen LogP contribution in [-0.4, -0.2) is 9.59 Å². The van der Waals surface area contributed by atoms with Gasteiger partial charge in [0.15, 0.2) is 5.82 Å². The van der Waals surface area contributed by atoms with E-state index in [0.29, 0.717) is 5.82 Å². The van der Waals surface area contributed by atoms with Crippen molar-refractivity contribution in [3.05, 3.63) is 16.5 Å². The number of nitrogens with two attached hydrogens (primary N) is 1. The molecule has 0 spiro atoms. The van der Waals surface area contributed by atoms with Crippen molar-refractivity contribution in [1.29, 1.82) is 0 Å². The molecule has 6 heteroatoms. The highest BCUT2D eigenvalue weighted by Gasteiger charge is 2.08. The van der Waals surface area contributed by atoms with Crippen LogP contribution in [0.3, 0.4) is 0 Å². The van der Waals surface area contributed by atoms with E-state index in [4.69, 9.17) is 17.3 Å². The van der Waals surface area contributed by atoms with Crippen LogP contribution in [-0.2, 0) is 0 Å². The average molecular weight is 218 g/mol. The molecule has 0 aliphatic carbocycles. The molecule has 0 radical (unpaired) electrons. The van der Waals surface area contributed by atoms with Crippen molar-refractivity contribution in [3.8, 4) is 9.75 Å². The van der Waals surface area contributed by atoms with Gasteiger partial charge < -0.3 is 5.73 Å². The summed E-state index contributed by atoms with van der Waals surface area (Å²) in [7, 11) is 0. The second kappa shape index (κ2) is 3.01. The second-order valence-corrected chi connectivity index (χ2v) is 4.56. The number of hydrogen-bond acceptors (Lipinski definition) is 5. The van der Waals surface area contributed by atoms with Crippen LogP contribution in [0.15, 0.2) is 12.1 Å². The van der Waals surface area contributed by atoms with Gasteiger partial charge in [0, 0.05) is 0 Å². The molecule has 0 atom stereocenters. The van der Waals surface area contributed by atoms with E-state index in [-0.39, 0.29) is 0 Å². The van der Waals surface area contributed by atoms with Gasteiger partial charge in [-0.25, -0.2) is 0 Å². The predicted octanol–water partition coefficient (Wildman–Crippen LogP) is 2.50. The van der Waals surface area contributed by atoms with E-state index >= 15 is 0 Å². The highest BCUT2D eigenvalue weighted by molar-refractivity contribution is 7.22. The van der Waals surface area contributed by atoms with E-state index < -0.39 is 0 Å². The molecule has 0 bridgehead atoms. The third-order valence-corrected chi connectivity index (χ3v) is 3.46. The summed E-state index contributed by atoms with van der Waals surface area (Å²) in [5, 5.41) is 3.71. The van der Waals surface area contributed by atoms with Gasteiger partial charge in [-0.2, -0.15) is 0 Å². The third-order valence-electron chi connectivity index (χ3n) is 1.31. The zero-order chi connectivity index (χ0) is 8.55. The molecule has 0 amide bonds. The lowest BCUT2D eigenvalue weighted by atomic mass is 10.4. The molecule has 2 heterocycles. The second-order valence-electron chi connectivity index (χ2n) is 2.09. The Balaban J connectivity index is 2.50. The van der Waals surface area contributed by atoms with Crippen LogP contribution >= 0.6 is 34.5 Å². The molecule has 0 aliphatic rings. The van der Waals surface area contributed by atoms with E-state index in [1.165, 1.54) is 22.9 Å². The molecule has 0 aromatic carbocycles. The summed E-state index contributed by atoms with van der Waals surface area (Å²) < 4.78 is 4.49. The Hall–Kier alpha value is -0.650. The van der Waals surface area contributed by atoms with Gasteiger partial charge in [-0.05, 0) is 23.7 Å². The highest BCUT2D eigenvalue weighted by atomic mass is 35.5. The lowest BCUT2D eigenvalue weighted by Gasteiger charge is -1.88. The monoisotopic (exact) mass is 217 g/mol. The van der Waals surface area contributed by atoms with Crippen molar-refractivity contribution in [1.82, 2.24) is 9.59 Å². The van der Waals surface area contributed by atoms with Crippen LogP contribution in [0.5, 0.6) is 0 Å². The molecule has 2 aromatic heterocycles. The molecular formula is C6H4ClN3S2. The molecule has 12 heavy (non-hydrogen) atoms. The molecular weight excluding hydrogens is 214 g/mol. The third kappa shape index (κ3) is 1.31. The first-order valence-electron chi connectivity index (χ1n) is 3.11. The van der Waals surface area contributed by atoms with Gasteiger partial charge in [0.1, 0.15) is 4.88 Å². The van der Waals surface area contributed by atoms with E-state index in [1.54, 1.807) is 0 Å². The molecule has 2 aromatic rings. The van der Waals surface area contributed by atoms with E-state index in [2.05, 4.69) is 9.59 Å². The number of rotatable bonds is 1. The largest absolute Gasteiger partial charge is 0.381 e. The van der Waals surface area contributed by atoms with Crippen molar-refractivity contribution in [2.45, 2.75) is 0 Å². The van der Waals surface area contributed by atoms with Crippen molar-refractivity contribution >= 4 is 40.3 Å². The van der Waals surface area contributed by atoms with E-state index in [1.807, 2.05) is 12.1 Å². The van der Waals surface area contributed by atoms with Crippen molar-refractivity contribution in [3.63, 3.8) is 0 Å². The van der Waals surface area contributed by atoms with Crippen LogP contribution in [0.1, 0.15) is 0 Å². The minimum atomic E-state index is 0.471. The Labute approximate surface area is 82.0 Å². The number of aromatic nitrogens is 2. The van der Waals surface area contributed by atoms with Gasteiger partial charge in [0.25, 0.3) is 0 Å². The van der Waals surface area contributed by atoms with Crippen LogP contribution < -0.4 is 5.73 Å². The summed E-state index contributed by atoms with van der Waals surface area (Å²) in [6.45, 7) is 0. The van der Waals surface area contributed by atoms with Crippen LogP contribution in [0, 0.1) is 0 Å². The molecule has 3 nitrogen and oxygen atoms in total. The number of anilines is 1. The van der Waals surface area contributed by atoms with Gasteiger partial charge in [0.2, 0.25) is 0 Å². The lowest BCUT2D eigenvalue weighted by molar-refractivity contribution is 1.17. The summed E-state index contributed by atoms with van der Waals surface area (Å²) >= 11 is 8.53. The summed E-state index contributed by atoms with van der Waals surface area (Å²) in [5.41, 5.74) is 5.58. The maximum absolute atomic E-state index is 5.77. The van der Waals surface area contributed by atoms with Crippen LogP contribution in [0.2, 0.25) is 4.34 Å². The molecule has 2 rings (SSSR count). The summed E-state index contributed by atoms with van der Waals surface area (Å²) in [4.78, 5) is 1.92. The number of nitrogens with zero attached hydrogens (tertiary/aromatic N) is 2. The Bertz CT molecular complexity index is 395. The maximum Gasteiger partial charge on any atom is 0.167 e. The molecule has 62 valence electrons. The van der Waals surface area contributed by atoms with Crippen LogP contribution in [0.25, 0.3) is 9.75 Å². The Morgan fingerprint density at radius 2 is 2.25 bits per heavy atom. The number of thiophene rings is 1. The zero-order valence-corrected chi connectivity index (χ0v) is 8.21. The molecule has 0 saturated heterocycles. The van der Waals surface area contributed by atoms with Crippen molar-refractivity contribution < 1.29 is 0 Å². The fraction of sp³-hybridized carbons (Fsp3) is 0. The fourth-order valence-corrected chi connectivity index (χ4v) is 2.54. The molecule has 0 fully saturated rings. The minimum Gasteiger partial charge on any atom is -0.381 e. The summed E-state index contributed by atoms with van der Waals surface area (Å²) in [6, 6.07) is 3.75. The first-order chi connectivity index (χ1) is 5.77. The Morgan fingerprint density at radius 1 is 1.42 bits per heavy atom. The van der Waals surface area contributed by atoms with E-state index in [9.17, 15) is 0 Å². The van der Waals surface area contributed by atoms with E-state index in [0.717, 1.165) is 14.1 Å². The topological polar surface area (TPSA) is 51.8 Å². The van der Waals surface area contributed by atoms with Gasteiger partial charge in [-0.15, -0.1) is 16.4 Å². The van der Waals surface area contributed by atoms with Gasteiger partial charge in [-0.1, -0.05) is 16.1 Å². The van der Waals surface area contributed by atoms with Gasteiger partial charge >= 0.3 is 0 Å². The fourth-order valence-electron chi connectivity index (χ4n) is 0.805. The predicted molar refractivity (Wildman–Crippen MR) is 52.6 cm³/mol. The smallest absolute Gasteiger partial charge is 0.167 e. The number of hydrogen-bond donors (Lipinski definition) is 1. The lowest BCUT2D eigenvalue weighted by Crippen LogP contribution is -1.85. The molecule has 2 N–H and O–H groups in total. The van der Waals surface area contributed by atoms with Gasteiger partial charge in [0.05, 0.1) is 9.21 Å². The highest BCUT2D eigenvalue weighted by Crippen LogP contribution is 2.35. The minimum absolute atomic E-state index is 0.471. The summed E-state index contributed by atoms with van der Waals surface area (Å²) in [6.07, 6.45) is 0. The first kappa shape index (κ1) is 7.97. The number of nitrogen functional groups attached to an aromatic ring is 1. The molecule has 0 aliphatic heterocycles. The SMILES string of the molecule is Nc1nnsc1-c1ccc(Cl)s1. The maximum atomic E-state index is 5.77. The van der Waals surface area contributed by atoms with Gasteiger partial charge in [-0.3, -0.25) is 0 Å². The average Bonchev–Trinajstić information content (AvgIpc) is 2.58. The quantitative estimate of drug-likeness (QED) is 0.799. The molecule has 0 unspecified atom stereocenters. The van der Waals surface area contributed by atoms with Crippen LogP contribution in [0.4, 0.5) is 5.82 Å². The molecule has 0 saturated carbocycles. The van der Waals surface area contributed by atoms with Crippen molar-refractivity contribution in [2.24, 2.45) is 0 Å². The number of halogens is 1. The zero-order valence-electron chi connectivity index (χ0n) is 5.82.